The molecule has 2 aliphatic carbocycles. The summed E-state index contributed by atoms with van der Waals surface area (Å²) in [7, 11) is 0.750. The summed E-state index contributed by atoms with van der Waals surface area (Å²) in [6, 6.07) is 2.24. The van der Waals surface area contributed by atoms with Crippen molar-refractivity contribution in [3.05, 3.63) is 74.4 Å². The van der Waals surface area contributed by atoms with Gasteiger partial charge in [-0.15, -0.1) is 17.2 Å². The molecular formula is C27H41Cl2SiZr. The third-order valence-corrected chi connectivity index (χ3v) is 5.96. The Morgan fingerprint density at radius 2 is 1.39 bits per heavy atom. The van der Waals surface area contributed by atoms with Gasteiger partial charge in [0.05, 0.1) is 0 Å². The van der Waals surface area contributed by atoms with Gasteiger partial charge in [0.15, 0.2) is 0 Å². The molecule has 0 heterocycles. The van der Waals surface area contributed by atoms with Gasteiger partial charge in [-0.1, -0.05) is 93.5 Å². The van der Waals surface area contributed by atoms with E-state index in [0.717, 1.165) is 15.9 Å². The zero-order valence-electron chi connectivity index (χ0n) is 21.4. The molecular weight excluding hydrogens is 515 g/mol. The summed E-state index contributed by atoms with van der Waals surface area (Å²) in [6.07, 6.45) is 9.13. The van der Waals surface area contributed by atoms with Crippen molar-refractivity contribution < 1.29 is 51.0 Å². The first-order valence-corrected chi connectivity index (χ1v) is 13.0. The molecule has 1 atom stereocenters. The minimum Gasteiger partial charge on any atom is -1.00 e. The van der Waals surface area contributed by atoms with Crippen molar-refractivity contribution >= 4 is 9.52 Å². The molecule has 1 aromatic rings. The van der Waals surface area contributed by atoms with Crippen molar-refractivity contribution in [1.82, 2.24) is 0 Å². The third kappa shape index (κ3) is 9.40. The molecule has 3 rings (SSSR count). The summed E-state index contributed by atoms with van der Waals surface area (Å²) in [5, 5.41) is 0. The number of fused-ring (bicyclic) bond motifs is 1. The molecule has 0 aromatic heterocycles. The van der Waals surface area contributed by atoms with Gasteiger partial charge < -0.3 is 24.8 Å². The Morgan fingerprint density at radius 1 is 0.935 bits per heavy atom. The molecule has 0 saturated carbocycles. The minimum atomic E-state index is 0. The van der Waals surface area contributed by atoms with E-state index in [1.54, 1.807) is 5.57 Å². The van der Waals surface area contributed by atoms with Crippen LogP contribution >= 0.6 is 0 Å². The van der Waals surface area contributed by atoms with Crippen molar-refractivity contribution in [1.29, 1.82) is 0 Å². The molecule has 0 saturated heterocycles. The zero-order valence-corrected chi connectivity index (χ0v) is 26.6. The molecule has 0 N–H and O–H groups in total. The van der Waals surface area contributed by atoms with E-state index < -0.39 is 0 Å². The number of hydrogen-bond acceptors (Lipinski definition) is 0. The van der Waals surface area contributed by atoms with Crippen LogP contribution in [0.3, 0.4) is 0 Å². The first kappa shape index (κ1) is 35.6. The van der Waals surface area contributed by atoms with Crippen LogP contribution in [0, 0.1) is 45.6 Å². The first-order valence-electron chi connectivity index (χ1n) is 10.7. The van der Waals surface area contributed by atoms with E-state index >= 15 is 0 Å². The second kappa shape index (κ2) is 16.6. The van der Waals surface area contributed by atoms with Crippen molar-refractivity contribution in [2.24, 2.45) is 11.8 Å². The van der Waals surface area contributed by atoms with Gasteiger partial charge in [-0.3, -0.25) is 0 Å². The molecule has 0 spiro atoms. The van der Waals surface area contributed by atoms with Crippen LogP contribution in [-0.4, -0.2) is 9.52 Å². The normalized spacial score (nSPS) is 16.5. The van der Waals surface area contributed by atoms with Crippen LogP contribution in [0.1, 0.15) is 63.3 Å². The number of allylic oxidation sites excluding steroid dienone is 8. The standard InChI is InChI=1S/C16H21.C9H13.C2H7Si.2ClH.Zr/c1-10(2)14-8-6-11(3)15-9-7-12(4)16(15)13(14)5;1-6-5-7(2)9(4)8(6)3;1-3-2;;;/h6,8,10,13H,7H2,1-5H3;5H,1-4H3;3H,1-2H3;2*1H;/q2*-1;;;;+4/p-2. The van der Waals surface area contributed by atoms with Crippen LogP contribution in [0.5, 0.6) is 0 Å². The molecule has 1 radical (unpaired) electrons. The maximum atomic E-state index is 3.53. The fourth-order valence-electron chi connectivity index (χ4n) is 4.00. The van der Waals surface area contributed by atoms with Gasteiger partial charge in [0, 0.05) is 9.52 Å². The average Bonchev–Trinajstić information content (AvgIpc) is 3.06. The molecule has 4 heteroatoms. The monoisotopic (exact) mass is 553 g/mol. The zero-order chi connectivity index (χ0) is 21.6. The van der Waals surface area contributed by atoms with Gasteiger partial charge in [0.1, 0.15) is 0 Å². The van der Waals surface area contributed by atoms with Crippen LogP contribution in [0.25, 0.3) is 0 Å². The SMILES string of the molecule is CC1=CC=C(C(C)C)C(C)C2=C(C)C[C-]=C12.C[SiH]C.Cc1[cH-]c(C)c(C)c1C.[Cl-].[Cl-].[Zr+4]. The molecule has 0 bridgehead atoms. The van der Waals surface area contributed by atoms with E-state index in [2.05, 4.69) is 99.7 Å². The van der Waals surface area contributed by atoms with E-state index in [4.69, 9.17) is 0 Å². The molecule has 1 unspecified atom stereocenters. The quantitative estimate of drug-likeness (QED) is 0.366. The Hall–Kier alpha value is -0.01000. The number of aryl methyl sites for hydroxylation is 2. The van der Waals surface area contributed by atoms with Crippen LogP contribution in [0.15, 0.2) is 46.1 Å². The smallest absolute Gasteiger partial charge is 1.00 e. The van der Waals surface area contributed by atoms with Crippen LogP contribution in [-0.2, 0) is 26.2 Å². The van der Waals surface area contributed by atoms with E-state index in [9.17, 15) is 0 Å². The van der Waals surface area contributed by atoms with Crippen molar-refractivity contribution in [3.8, 4) is 0 Å². The summed E-state index contributed by atoms with van der Waals surface area (Å²) in [5.41, 5.74) is 13.1. The largest absolute Gasteiger partial charge is 4.00 e. The average molecular weight is 556 g/mol. The Bertz CT molecular complexity index is 785. The number of hydrogen-bond donors (Lipinski definition) is 0. The van der Waals surface area contributed by atoms with Crippen LogP contribution < -0.4 is 24.8 Å². The predicted octanol–water partition coefficient (Wildman–Crippen LogP) is 1.78. The van der Waals surface area contributed by atoms with Gasteiger partial charge >= 0.3 is 26.2 Å². The summed E-state index contributed by atoms with van der Waals surface area (Å²) >= 11 is 0. The summed E-state index contributed by atoms with van der Waals surface area (Å²) in [5.74, 6) is 1.18. The van der Waals surface area contributed by atoms with E-state index in [1.807, 2.05) is 0 Å². The second-order valence-corrected chi connectivity index (χ2v) is 9.81. The Balaban J connectivity index is -0.000000452. The maximum absolute atomic E-state index is 3.53. The topological polar surface area (TPSA) is 0 Å². The Morgan fingerprint density at radius 3 is 1.74 bits per heavy atom. The van der Waals surface area contributed by atoms with Gasteiger partial charge in [-0.25, -0.2) is 0 Å². The summed E-state index contributed by atoms with van der Waals surface area (Å²) in [4.78, 5) is 0. The second-order valence-electron chi connectivity index (χ2n) is 8.65. The van der Waals surface area contributed by atoms with E-state index in [-0.39, 0.29) is 51.0 Å². The van der Waals surface area contributed by atoms with Crippen molar-refractivity contribution in [2.45, 2.75) is 81.8 Å². The van der Waals surface area contributed by atoms with Crippen LogP contribution in [0.2, 0.25) is 13.1 Å². The molecule has 31 heavy (non-hydrogen) atoms. The molecule has 0 amide bonds. The fraction of sp³-hybridized carbons (Fsp3) is 0.519. The van der Waals surface area contributed by atoms with E-state index in [1.165, 1.54) is 44.5 Å². The van der Waals surface area contributed by atoms with Crippen molar-refractivity contribution in [2.75, 3.05) is 0 Å². The molecule has 2 aliphatic rings. The Kier molecular flexibility index (Phi) is 19.0. The molecule has 0 aliphatic heterocycles. The first-order chi connectivity index (χ1) is 13.1. The van der Waals surface area contributed by atoms with Crippen molar-refractivity contribution in [3.63, 3.8) is 0 Å². The van der Waals surface area contributed by atoms with Gasteiger partial charge in [0.2, 0.25) is 0 Å². The number of rotatable bonds is 1. The predicted molar refractivity (Wildman–Crippen MR) is 130 cm³/mol. The molecule has 0 fully saturated rings. The minimum absolute atomic E-state index is 0. The maximum Gasteiger partial charge on any atom is 4.00 e. The fourth-order valence-corrected chi connectivity index (χ4v) is 4.00. The number of halogens is 2. The van der Waals surface area contributed by atoms with Crippen LogP contribution in [0.4, 0.5) is 0 Å². The third-order valence-electron chi connectivity index (χ3n) is 5.96. The molecule has 0 nitrogen and oxygen atoms in total. The summed E-state index contributed by atoms with van der Waals surface area (Å²) in [6.45, 7) is 24.5. The van der Waals surface area contributed by atoms with Gasteiger partial charge in [-0.2, -0.15) is 45.5 Å². The summed E-state index contributed by atoms with van der Waals surface area (Å²) < 4.78 is 0. The van der Waals surface area contributed by atoms with E-state index in [0.29, 0.717) is 11.8 Å². The Labute approximate surface area is 227 Å². The molecule has 171 valence electrons. The molecule has 1 aromatic carbocycles. The van der Waals surface area contributed by atoms with Gasteiger partial charge in [0.25, 0.3) is 0 Å². The van der Waals surface area contributed by atoms with Gasteiger partial charge in [-0.05, 0) is 11.8 Å².